The summed E-state index contributed by atoms with van der Waals surface area (Å²) < 4.78 is 38.0. The van der Waals surface area contributed by atoms with Crippen molar-refractivity contribution in [2.24, 2.45) is 0 Å². The lowest BCUT2D eigenvalue weighted by atomic mass is 10.1. The van der Waals surface area contributed by atoms with Gasteiger partial charge in [0.05, 0.1) is 12.2 Å². The van der Waals surface area contributed by atoms with Gasteiger partial charge in [-0.3, -0.25) is 9.59 Å². The molecule has 29 heavy (non-hydrogen) atoms. The normalized spacial score (nSPS) is 11.9. The summed E-state index contributed by atoms with van der Waals surface area (Å²) in [6.45, 7) is 3.82. The first-order valence-corrected chi connectivity index (χ1v) is 9.05. The Morgan fingerprint density at radius 1 is 1.10 bits per heavy atom. The monoisotopic (exact) mass is 403 g/mol. The highest BCUT2D eigenvalue weighted by molar-refractivity contribution is 6.07. The summed E-state index contributed by atoms with van der Waals surface area (Å²) in [5.41, 5.74) is 0.395. The first kappa shape index (κ1) is 22.1. The van der Waals surface area contributed by atoms with Crippen LogP contribution in [0.3, 0.4) is 0 Å². The van der Waals surface area contributed by atoms with E-state index < -0.39 is 23.5 Å². The van der Waals surface area contributed by atoms with E-state index in [9.17, 15) is 18.4 Å². The Hall–Kier alpha value is -3.22. The molecule has 0 saturated carbocycles. The fraction of sp³-hybridized carbons (Fsp3) is 0.273. The largest absolute Gasteiger partial charge is 0.490 e. The number of ketones is 1. The fourth-order valence-corrected chi connectivity index (χ4v) is 2.55. The second kappa shape index (κ2) is 9.82. The number of carbonyl (C=O) groups excluding carboxylic acids is 2. The van der Waals surface area contributed by atoms with Gasteiger partial charge in [0.25, 0.3) is 5.91 Å². The van der Waals surface area contributed by atoms with Crippen LogP contribution in [0.5, 0.6) is 11.5 Å². The highest BCUT2D eigenvalue weighted by atomic mass is 19.1. The molecule has 1 amide bonds. The van der Waals surface area contributed by atoms with Crippen LogP contribution < -0.4 is 9.47 Å². The Labute approximate surface area is 168 Å². The molecule has 0 aromatic heterocycles. The summed E-state index contributed by atoms with van der Waals surface area (Å²) >= 11 is 0. The zero-order chi connectivity index (χ0) is 21.6. The molecule has 1 atom stereocenters. The summed E-state index contributed by atoms with van der Waals surface area (Å²) in [4.78, 5) is 25.6. The van der Waals surface area contributed by atoms with Crippen molar-refractivity contribution in [1.82, 2.24) is 4.90 Å². The van der Waals surface area contributed by atoms with E-state index in [0.717, 1.165) is 12.1 Å². The Kier molecular flexibility index (Phi) is 7.47. The Balaban J connectivity index is 2.21. The summed E-state index contributed by atoms with van der Waals surface area (Å²) in [6.07, 6.45) is 1.99. The highest BCUT2D eigenvalue weighted by Crippen LogP contribution is 2.30. The molecular formula is C22H23F2NO4. The van der Waals surface area contributed by atoms with Crippen molar-refractivity contribution in [3.8, 4) is 11.5 Å². The molecule has 0 fully saturated rings. The van der Waals surface area contributed by atoms with Crippen LogP contribution in [0.2, 0.25) is 0 Å². The molecule has 7 heteroatoms. The maximum absolute atomic E-state index is 13.7. The van der Waals surface area contributed by atoms with Crippen molar-refractivity contribution < 1.29 is 27.8 Å². The number of hydrogen-bond donors (Lipinski definition) is 0. The number of nitrogens with zero attached hydrogens (tertiary/aromatic N) is 1. The second-order valence-corrected chi connectivity index (χ2v) is 6.45. The van der Waals surface area contributed by atoms with E-state index in [4.69, 9.17) is 9.47 Å². The summed E-state index contributed by atoms with van der Waals surface area (Å²) in [7, 11) is 3.28. The van der Waals surface area contributed by atoms with Crippen molar-refractivity contribution in [3.63, 3.8) is 0 Å². The van der Waals surface area contributed by atoms with E-state index in [2.05, 4.69) is 0 Å². The molecule has 0 aliphatic rings. The van der Waals surface area contributed by atoms with Crippen LogP contribution in [0.15, 0.2) is 42.5 Å². The zero-order valence-corrected chi connectivity index (χ0v) is 16.7. The summed E-state index contributed by atoms with van der Waals surface area (Å²) in [5.74, 6) is -1.65. The van der Waals surface area contributed by atoms with E-state index in [-0.39, 0.29) is 11.5 Å². The lowest BCUT2D eigenvalue weighted by Gasteiger charge is -2.20. The Morgan fingerprint density at radius 3 is 2.45 bits per heavy atom. The van der Waals surface area contributed by atoms with Crippen LogP contribution in [0.1, 0.15) is 29.8 Å². The third-order valence-electron chi connectivity index (χ3n) is 3.98. The van der Waals surface area contributed by atoms with Crippen molar-refractivity contribution >= 4 is 17.8 Å². The third kappa shape index (κ3) is 5.88. The van der Waals surface area contributed by atoms with Gasteiger partial charge in [-0.25, -0.2) is 8.78 Å². The second-order valence-electron chi connectivity index (χ2n) is 6.45. The maximum Gasteiger partial charge on any atom is 0.262 e. The SMILES string of the molecule is CCOc1cc(/C=C/C(=O)c2ccc(F)cc2F)ccc1O[C@@H](C)C(=O)N(C)C. The molecule has 2 rings (SSSR count). The van der Waals surface area contributed by atoms with E-state index in [0.29, 0.717) is 29.7 Å². The molecule has 0 saturated heterocycles. The molecular weight excluding hydrogens is 380 g/mol. The van der Waals surface area contributed by atoms with Crippen molar-refractivity contribution in [2.75, 3.05) is 20.7 Å². The Bertz CT molecular complexity index is 925. The van der Waals surface area contributed by atoms with Crippen molar-refractivity contribution in [2.45, 2.75) is 20.0 Å². The van der Waals surface area contributed by atoms with E-state index >= 15 is 0 Å². The molecule has 0 bridgehead atoms. The predicted molar refractivity (Wildman–Crippen MR) is 106 cm³/mol. The topological polar surface area (TPSA) is 55.8 Å². The summed E-state index contributed by atoms with van der Waals surface area (Å²) in [6, 6.07) is 7.75. The average molecular weight is 403 g/mol. The molecule has 2 aromatic carbocycles. The number of likely N-dealkylation sites (N-methyl/N-ethyl adjacent to an activating group) is 1. The van der Waals surface area contributed by atoms with Crippen LogP contribution in [0, 0.1) is 11.6 Å². The van der Waals surface area contributed by atoms with Crippen LogP contribution in [-0.4, -0.2) is 43.4 Å². The number of amides is 1. The number of halogens is 2. The van der Waals surface area contributed by atoms with Crippen LogP contribution in [0.25, 0.3) is 6.08 Å². The number of ether oxygens (including phenoxy) is 2. The lowest BCUT2D eigenvalue weighted by molar-refractivity contribution is -0.135. The Morgan fingerprint density at radius 2 is 1.83 bits per heavy atom. The molecule has 0 aliphatic carbocycles. The standard InChI is InChI=1S/C22H23F2NO4/c1-5-28-21-12-15(7-11-20(21)29-14(2)22(27)25(3)4)6-10-19(26)17-9-8-16(23)13-18(17)24/h6-14H,5H2,1-4H3/b10-6+/t14-/m0/s1. The molecule has 154 valence electrons. The van der Waals surface area contributed by atoms with Gasteiger partial charge in [-0.05, 0) is 49.8 Å². The zero-order valence-electron chi connectivity index (χ0n) is 16.7. The first-order chi connectivity index (χ1) is 13.7. The molecule has 0 aliphatic heterocycles. The molecule has 0 N–H and O–H groups in total. The van der Waals surface area contributed by atoms with Crippen LogP contribution in [-0.2, 0) is 4.79 Å². The van der Waals surface area contributed by atoms with E-state index in [1.807, 2.05) is 6.92 Å². The quantitative estimate of drug-likeness (QED) is 0.492. The molecule has 0 radical (unpaired) electrons. The number of allylic oxidation sites excluding steroid dienone is 1. The molecule has 5 nitrogen and oxygen atoms in total. The van der Waals surface area contributed by atoms with Gasteiger partial charge in [-0.2, -0.15) is 0 Å². The molecule has 0 heterocycles. The third-order valence-corrected chi connectivity index (χ3v) is 3.98. The number of hydrogen-bond acceptors (Lipinski definition) is 4. The van der Waals surface area contributed by atoms with Crippen molar-refractivity contribution in [3.05, 3.63) is 65.2 Å². The van der Waals surface area contributed by atoms with Gasteiger partial charge in [0.15, 0.2) is 23.4 Å². The minimum absolute atomic E-state index is 0.191. The number of benzene rings is 2. The van der Waals surface area contributed by atoms with Gasteiger partial charge in [0.2, 0.25) is 0 Å². The highest BCUT2D eigenvalue weighted by Gasteiger charge is 2.18. The van der Waals surface area contributed by atoms with Gasteiger partial charge in [-0.1, -0.05) is 12.1 Å². The fourth-order valence-electron chi connectivity index (χ4n) is 2.55. The van der Waals surface area contributed by atoms with Gasteiger partial charge in [0, 0.05) is 20.2 Å². The first-order valence-electron chi connectivity index (χ1n) is 9.05. The van der Waals surface area contributed by atoms with E-state index in [1.165, 1.54) is 17.1 Å². The average Bonchev–Trinajstić information content (AvgIpc) is 2.67. The number of rotatable bonds is 8. The van der Waals surface area contributed by atoms with Gasteiger partial charge in [0.1, 0.15) is 11.6 Å². The summed E-state index contributed by atoms with van der Waals surface area (Å²) in [5, 5.41) is 0. The molecule has 2 aromatic rings. The molecule has 0 unspecified atom stereocenters. The van der Waals surface area contributed by atoms with E-state index in [1.54, 1.807) is 39.2 Å². The minimum Gasteiger partial charge on any atom is -0.490 e. The minimum atomic E-state index is -0.919. The smallest absolute Gasteiger partial charge is 0.262 e. The van der Waals surface area contributed by atoms with Gasteiger partial charge < -0.3 is 14.4 Å². The predicted octanol–water partition coefficient (Wildman–Crippen LogP) is 4.12. The van der Waals surface area contributed by atoms with Crippen LogP contribution >= 0.6 is 0 Å². The lowest BCUT2D eigenvalue weighted by Crippen LogP contribution is -2.35. The van der Waals surface area contributed by atoms with Crippen molar-refractivity contribution in [1.29, 1.82) is 0 Å². The number of carbonyl (C=O) groups is 2. The van der Waals surface area contributed by atoms with Gasteiger partial charge >= 0.3 is 0 Å². The molecule has 0 spiro atoms. The van der Waals surface area contributed by atoms with Crippen LogP contribution in [0.4, 0.5) is 8.78 Å². The van der Waals surface area contributed by atoms with Gasteiger partial charge in [-0.15, -0.1) is 0 Å². The maximum atomic E-state index is 13.7.